The molecular formula is C31H32N2O6S. The predicted octanol–water partition coefficient (Wildman–Crippen LogP) is 6.25. The van der Waals surface area contributed by atoms with E-state index in [0.717, 1.165) is 22.5 Å². The number of ether oxygens (including phenoxy) is 2. The molecule has 1 N–H and O–H groups in total. The van der Waals surface area contributed by atoms with Crippen LogP contribution in [-0.2, 0) is 14.3 Å². The van der Waals surface area contributed by atoms with Gasteiger partial charge in [0.1, 0.15) is 23.0 Å². The number of amides is 1. The fraction of sp³-hybridized carbons (Fsp3) is 0.290. The molecule has 1 fully saturated rings. The largest absolute Gasteiger partial charge is 0.507 e. The van der Waals surface area contributed by atoms with Gasteiger partial charge in [0, 0.05) is 5.56 Å². The highest BCUT2D eigenvalue weighted by atomic mass is 32.1. The van der Waals surface area contributed by atoms with Crippen molar-refractivity contribution in [2.24, 2.45) is 0 Å². The average Bonchev–Trinajstić information content (AvgIpc) is 3.44. The first-order valence-corrected chi connectivity index (χ1v) is 13.8. The summed E-state index contributed by atoms with van der Waals surface area (Å²) in [4.78, 5) is 45.5. The highest BCUT2D eigenvalue weighted by Crippen LogP contribution is 2.44. The average molecular weight is 561 g/mol. The molecule has 208 valence electrons. The molecule has 8 nitrogen and oxygen atoms in total. The fourth-order valence-corrected chi connectivity index (χ4v) is 5.53. The predicted molar refractivity (Wildman–Crippen MR) is 155 cm³/mol. The zero-order valence-electron chi connectivity index (χ0n) is 23.2. The van der Waals surface area contributed by atoms with Gasteiger partial charge in [-0.25, -0.2) is 9.78 Å². The molecule has 0 aliphatic carbocycles. The monoisotopic (exact) mass is 560 g/mol. The number of aromatic nitrogens is 1. The lowest BCUT2D eigenvalue weighted by Gasteiger charge is -2.23. The third-order valence-electron chi connectivity index (χ3n) is 6.62. The summed E-state index contributed by atoms with van der Waals surface area (Å²) in [5.41, 5.74) is 3.15. The van der Waals surface area contributed by atoms with Crippen LogP contribution >= 0.6 is 11.3 Å². The minimum absolute atomic E-state index is 0.0630. The van der Waals surface area contributed by atoms with Crippen LogP contribution in [0.15, 0.2) is 60.7 Å². The maximum absolute atomic E-state index is 13.5. The van der Waals surface area contributed by atoms with Crippen molar-refractivity contribution in [3.63, 3.8) is 0 Å². The second-order valence-corrected chi connectivity index (χ2v) is 10.7. The Balaban J connectivity index is 1.88. The van der Waals surface area contributed by atoms with Crippen molar-refractivity contribution >= 4 is 39.9 Å². The molecule has 0 spiro atoms. The summed E-state index contributed by atoms with van der Waals surface area (Å²) in [7, 11) is 0. The minimum Gasteiger partial charge on any atom is -0.507 e. The molecule has 0 radical (unpaired) electrons. The van der Waals surface area contributed by atoms with Gasteiger partial charge < -0.3 is 14.6 Å². The van der Waals surface area contributed by atoms with Gasteiger partial charge in [0.2, 0.25) is 0 Å². The van der Waals surface area contributed by atoms with Crippen molar-refractivity contribution in [1.82, 2.24) is 4.98 Å². The fourth-order valence-electron chi connectivity index (χ4n) is 4.54. The van der Waals surface area contributed by atoms with Crippen LogP contribution in [0.2, 0.25) is 0 Å². The van der Waals surface area contributed by atoms with Crippen LogP contribution in [0.3, 0.4) is 0 Å². The van der Waals surface area contributed by atoms with Crippen molar-refractivity contribution in [2.75, 3.05) is 18.1 Å². The Bertz CT molecular complexity index is 1500. The summed E-state index contributed by atoms with van der Waals surface area (Å²) in [6.07, 6.45) is 1.63. The van der Waals surface area contributed by atoms with Gasteiger partial charge in [0.25, 0.3) is 5.78 Å². The summed E-state index contributed by atoms with van der Waals surface area (Å²) in [6, 6.07) is 11.6. The number of hydrogen-bond donors (Lipinski definition) is 1. The van der Waals surface area contributed by atoms with Crippen LogP contribution in [0.25, 0.3) is 5.76 Å². The molecule has 1 aromatic heterocycles. The lowest BCUT2D eigenvalue weighted by molar-refractivity contribution is -0.132. The van der Waals surface area contributed by atoms with E-state index in [-0.39, 0.29) is 33.9 Å². The molecule has 0 unspecified atom stereocenters. The molecule has 3 aromatic rings. The molecule has 1 amide bonds. The number of benzene rings is 2. The SMILES string of the molecule is C=CCOc1ccc(C(O)=C2C(=O)C(=O)N(c3nc(C)c(C(=O)OCC)s3)[C@@H]2c2ccc(C(C)C)cc2)cc1C. The summed E-state index contributed by atoms with van der Waals surface area (Å²) in [5.74, 6) is -1.65. The van der Waals surface area contributed by atoms with Gasteiger partial charge >= 0.3 is 11.9 Å². The van der Waals surface area contributed by atoms with E-state index in [1.807, 2.05) is 31.2 Å². The highest BCUT2D eigenvalue weighted by molar-refractivity contribution is 7.17. The molecule has 4 rings (SSSR count). The van der Waals surface area contributed by atoms with Crippen LogP contribution < -0.4 is 9.64 Å². The number of rotatable bonds is 9. The van der Waals surface area contributed by atoms with E-state index in [1.165, 1.54) is 4.90 Å². The van der Waals surface area contributed by atoms with Crippen LogP contribution in [0, 0.1) is 13.8 Å². The Labute approximate surface area is 237 Å². The van der Waals surface area contributed by atoms with E-state index in [9.17, 15) is 19.5 Å². The number of anilines is 1. The van der Waals surface area contributed by atoms with Gasteiger partial charge in [-0.05, 0) is 61.6 Å². The number of Topliss-reactive ketones (excluding diaryl/α,β-unsaturated/α-hetero) is 1. The van der Waals surface area contributed by atoms with E-state index in [0.29, 0.717) is 29.2 Å². The van der Waals surface area contributed by atoms with Crippen molar-refractivity contribution in [3.05, 3.63) is 93.5 Å². The normalized spacial score (nSPS) is 16.4. The quantitative estimate of drug-likeness (QED) is 0.108. The summed E-state index contributed by atoms with van der Waals surface area (Å²) < 4.78 is 10.8. The van der Waals surface area contributed by atoms with Gasteiger partial charge in [-0.1, -0.05) is 62.1 Å². The first kappa shape index (κ1) is 28.8. The Morgan fingerprint density at radius 2 is 1.88 bits per heavy atom. The van der Waals surface area contributed by atoms with Gasteiger partial charge in [0.05, 0.1) is 23.9 Å². The van der Waals surface area contributed by atoms with Crippen LogP contribution in [-0.4, -0.2) is 41.0 Å². The Kier molecular flexibility index (Phi) is 8.54. The van der Waals surface area contributed by atoms with Crippen molar-refractivity contribution in [3.8, 4) is 5.75 Å². The van der Waals surface area contributed by atoms with Crippen LogP contribution in [0.4, 0.5) is 5.13 Å². The van der Waals surface area contributed by atoms with E-state index >= 15 is 0 Å². The maximum Gasteiger partial charge on any atom is 0.350 e. The van der Waals surface area contributed by atoms with Crippen LogP contribution in [0.1, 0.15) is 70.4 Å². The molecule has 2 aromatic carbocycles. The first-order valence-electron chi connectivity index (χ1n) is 13.0. The highest BCUT2D eigenvalue weighted by Gasteiger charge is 2.48. The molecule has 1 saturated heterocycles. The zero-order valence-corrected chi connectivity index (χ0v) is 24.0. The second kappa shape index (κ2) is 11.9. The topological polar surface area (TPSA) is 106 Å². The molecule has 2 heterocycles. The summed E-state index contributed by atoms with van der Waals surface area (Å²) >= 11 is 0.977. The van der Waals surface area contributed by atoms with Gasteiger partial charge in [-0.2, -0.15) is 0 Å². The standard InChI is InChI=1S/C31H32N2O6S/c1-7-15-39-23-14-13-22(16-18(23)5)26(34)24-25(21-11-9-20(10-12-21)17(3)4)33(29(36)27(24)35)31-32-19(6)28(40-31)30(37)38-8-2/h7,9-14,16-17,25,34H,1,8,15H2,2-6H3/t25-/m1/s1. The lowest BCUT2D eigenvalue weighted by Crippen LogP contribution is -2.29. The van der Waals surface area contributed by atoms with Crippen molar-refractivity contribution < 1.29 is 29.0 Å². The number of esters is 1. The number of aryl methyl sites for hydroxylation is 2. The van der Waals surface area contributed by atoms with E-state index in [2.05, 4.69) is 25.4 Å². The number of ketones is 1. The number of carbonyl (C=O) groups is 3. The van der Waals surface area contributed by atoms with Crippen LogP contribution in [0.5, 0.6) is 5.75 Å². The van der Waals surface area contributed by atoms with Gasteiger partial charge in [0.15, 0.2) is 5.13 Å². The lowest BCUT2D eigenvalue weighted by atomic mass is 9.93. The van der Waals surface area contributed by atoms with Crippen molar-refractivity contribution in [2.45, 2.75) is 46.6 Å². The third kappa shape index (κ3) is 5.42. The number of thiazole rings is 1. The number of hydrogen-bond acceptors (Lipinski definition) is 8. The van der Waals surface area contributed by atoms with Crippen molar-refractivity contribution in [1.29, 1.82) is 0 Å². The molecule has 1 aliphatic rings. The number of aliphatic hydroxyl groups excluding tert-OH is 1. The van der Waals surface area contributed by atoms with E-state index in [4.69, 9.17) is 9.47 Å². The molecule has 0 bridgehead atoms. The minimum atomic E-state index is -0.959. The molecule has 40 heavy (non-hydrogen) atoms. The molecule has 0 saturated carbocycles. The molecule has 9 heteroatoms. The van der Waals surface area contributed by atoms with E-state index in [1.54, 1.807) is 38.1 Å². The maximum atomic E-state index is 13.5. The third-order valence-corrected chi connectivity index (χ3v) is 7.76. The van der Waals surface area contributed by atoms with Gasteiger partial charge in [-0.15, -0.1) is 0 Å². The Hall–Kier alpha value is -4.24. The number of aliphatic hydroxyl groups is 1. The molecular weight excluding hydrogens is 528 g/mol. The Morgan fingerprint density at radius 1 is 1.18 bits per heavy atom. The number of carbonyl (C=O) groups excluding carboxylic acids is 3. The van der Waals surface area contributed by atoms with E-state index < -0.39 is 23.7 Å². The Morgan fingerprint density at radius 3 is 2.48 bits per heavy atom. The van der Waals surface area contributed by atoms with Gasteiger partial charge in [-0.3, -0.25) is 14.5 Å². The summed E-state index contributed by atoms with van der Waals surface area (Å²) in [5, 5.41) is 11.7. The number of nitrogens with zero attached hydrogens (tertiary/aromatic N) is 2. The second-order valence-electron chi connectivity index (χ2n) is 9.70. The first-order chi connectivity index (χ1) is 19.1. The zero-order chi connectivity index (χ0) is 29.1. The summed E-state index contributed by atoms with van der Waals surface area (Å²) in [6.45, 7) is 13.5. The molecule has 1 atom stereocenters. The smallest absolute Gasteiger partial charge is 0.350 e. The molecule has 1 aliphatic heterocycles.